The van der Waals surface area contributed by atoms with Gasteiger partial charge in [-0.1, -0.05) is 131 Å². The summed E-state index contributed by atoms with van der Waals surface area (Å²) in [5.41, 5.74) is 9.07. The molecule has 0 aromatic carbocycles. The Morgan fingerprint density at radius 2 is 0.869 bits per heavy atom. The van der Waals surface area contributed by atoms with Crippen molar-refractivity contribution in [3.63, 3.8) is 0 Å². The van der Waals surface area contributed by atoms with Crippen molar-refractivity contribution < 1.29 is 13.7 Å². The van der Waals surface area contributed by atoms with Gasteiger partial charge >= 0.3 is 0 Å². The highest BCUT2D eigenvalue weighted by atomic mass is 15.1. The summed E-state index contributed by atoms with van der Waals surface area (Å²) >= 11 is 0. The van der Waals surface area contributed by atoms with Crippen LogP contribution in [0.3, 0.4) is 0 Å². The first kappa shape index (κ1) is 95.2. The number of aryl methyl sites for hydroxylation is 12. The first-order valence-electron chi connectivity index (χ1n) is 29.9. The minimum absolute atomic E-state index is 0.822. The molecule has 0 N–H and O–H groups in total. The molecule has 0 saturated carbocycles. The highest BCUT2D eigenvalue weighted by Gasteiger charge is 1.92. The molecule has 0 aliphatic rings. The molecule has 15 heteroatoms. The van der Waals surface area contributed by atoms with Crippen LogP contribution < -0.4 is 13.7 Å². The van der Waals surface area contributed by atoms with Gasteiger partial charge < -0.3 is 0 Å². The summed E-state index contributed by atoms with van der Waals surface area (Å²) in [5.74, 6) is 0.822. The molecule has 0 aliphatic heterocycles. The molecule has 9 heterocycles. The molecule has 0 aliphatic carbocycles. The van der Waals surface area contributed by atoms with E-state index < -0.39 is 0 Å². The topological polar surface area (TPSA) is 166 Å². The average molecular weight is 1160 g/mol. The summed E-state index contributed by atoms with van der Waals surface area (Å²) in [6.07, 6.45) is 32.1. The smallest absolute Gasteiger partial charge is 0.177 e. The molecule has 9 aromatic heterocycles. The first-order valence-corrected chi connectivity index (χ1v) is 29.9. The SMILES string of the molecule is CC.CC.CC.CC.CC.CC.CC.CC.CC.Cc1cc[n+](C)cc1.Cc1ccc[n+](C)c1.Cc1cccc[n+]1C.Cc1cccnn1.Cc1ccncn1.Cc1ccnnc1.Cc1cnccn1.Cc1cncnc1.Cc1ncccn1. The van der Waals surface area contributed by atoms with Crippen LogP contribution in [0.2, 0.25) is 0 Å². The first-order chi connectivity index (χ1) is 40.7. The van der Waals surface area contributed by atoms with Crippen molar-refractivity contribution in [3.8, 4) is 0 Å². The van der Waals surface area contributed by atoms with Crippen molar-refractivity contribution in [2.24, 2.45) is 21.1 Å². The van der Waals surface area contributed by atoms with Crippen molar-refractivity contribution in [2.45, 2.75) is 187 Å². The van der Waals surface area contributed by atoms with Gasteiger partial charge in [-0.25, -0.2) is 43.6 Å². The lowest BCUT2D eigenvalue weighted by Gasteiger charge is -1.87. The highest BCUT2D eigenvalue weighted by molar-refractivity contribution is 5.03. The van der Waals surface area contributed by atoms with Crippen molar-refractivity contribution in [2.75, 3.05) is 0 Å². The molecule has 0 bridgehead atoms. The Bertz CT molecular complexity index is 2130. The van der Waals surface area contributed by atoms with Crippen LogP contribution in [-0.4, -0.2) is 60.3 Å². The summed E-state index contributed by atoms with van der Waals surface area (Å²) < 4.78 is 6.14. The van der Waals surface area contributed by atoms with Crippen molar-refractivity contribution in [1.29, 1.82) is 0 Å². The van der Waals surface area contributed by atoms with Crippen LogP contribution in [-0.2, 0) is 21.1 Å². The molecule has 0 atom stereocenters. The molecular weight excluding hydrogens is 1040 g/mol. The Balaban J connectivity index is -0.000000104. The second-order valence-corrected chi connectivity index (χ2v) is 14.2. The standard InChI is InChI=1S/3C7H10N.6C5H6N2.9C2H6/c1-7-3-5-8(2)6-4-7;1-7-4-3-5-8(2)6-7;1-7-5-3-4-6-8(7)2;1-5-2-6-4-7-3-5;1-5-4-6-2-3-7-5;1-5-2-3-6-4-7-5;1-5-2-3-6-7-4-5;1-5-6-3-2-4-7-5;1-5-3-2-4-6-7-5;9*1-2/h3*3-6H,1-2H3;6*2-4H,1H3;9*1-2H3/q3*+1;;;;;;;;;;;;;;;. The molecule has 0 saturated heterocycles. The van der Waals surface area contributed by atoms with Crippen molar-refractivity contribution >= 4 is 0 Å². The second-order valence-electron chi connectivity index (χ2n) is 14.2. The molecule has 0 amide bonds. The summed E-state index contributed by atoms with van der Waals surface area (Å²) in [6, 6.07) is 23.8. The van der Waals surface area contributed by atoms with E-state index in [2.05, 4.69) is 116 Å². The van der Waals surface area contributed by atoms with E-state index in [-0.39, 0.29) is 0 Å². The molecule has 0 radical (unpaired) electrons. The number of pyridine rings is 3. The zero-order valence-corrected chi connectivity index (χ0v) is 58.5. The third-order valence-electron chi connectivity index (χ3n) is 7.79. The van der Waals surface area contributed by atoms with Gasteiger partial charge in [0.1, 0.15) is 39.6 Å². The molecule has 9 aromatic rings. The van der Waals surface area contributed by atoms with Gasteiger partial charge in [0, 0.05) is 110 Å². The fraction of sp³-hybridized carbons (Fsp3) is 0.435. The van der Waals surface area contributed by atoms with E-state index >= 15 is 0 Å². The van der Waals surface area contributed by atoms with Crippen molar-refractivity contribution in [1.82, 2.24) is 60.3 Å². The number of rotatable bonds is 0. The minimum Gasteiger partial charge on any atom is -0.261 e. The lowest BCUT2D eigenvalue weighted by Crippen LogP contribution is -2.30. The van der Waals surface area contributed by atoms with Gasteiger partial charge in [0.2, 0.25) is 0 Å². The van der Waals surface area contributed by atoms with E-state index in [0.29, 0.717) is 0 Å². The molecule has 9 rings (SSSR count). The lowest BCUT2D eigenvalue weighted by molar-refractivity contribution is -0.677. The Labute approximate surface area is 515 Å². The van der Waals surface area contributed by atoms with Gasteiger partial charge in [0.25, 0.3) is 0 Å². The molecule has 15 nitrogen and oxygen atoms in total. The summed E-state index contributed by atoms with van der Waals surface area (Å²) in [5, 5.41) is 14.6. The summed E-state index contributed by atoms with van der Waals surface area (Å²) in [4.78, 5) is 30.6. The number of hydrogen-bond donors (Lipinski definition) is 0. The summed E-state index contributed by atoms with van der Waals surface area (Å²) in [7, 11) is 6.07. The van der Waals surface area contributed by atoms with E-state index in [1.54, 1.807) is 74.2 Å². The number of hydrogen-bond acceptors (Lipinski definition) is 12. The number of nitrogens with zero attached hydrogens (tertiary/aromatic N) is 15. The van der Waals surface area contributed by atoms with Gasteiger partial charge in [-0.2, -0.15) is 20.4 Å². The predicted molar refractivity (Wildman–Crippen MR) is 360 cm³/mol. The van der Waals surface area contributed by atoms with E-state index in [4.69, 9.17) is 0 Å². The van der Waals surface area contributed by atoms with Crippen LogP contribution in [0.25, 0.3) is 0 Å². The zero-order valence-electron chi connectivity index (χ0n) is 58.5. The van der Waals surface area contributed by atoms with Crippen molar-refractivity contribution in [3.05, 3.63) is 235 Å². The molecular formula is C69H120N15+3. The Morgan fingerprint density at radius 1 is 0.298 bits per heavy atom. The molecule has 0 spiro atoms. The lowest BCUT2D eigenvalue weighted by atomic mass is 10.3. The summed E-state index contributed by atoms with van der Waals surface area (Å²) in [6.45, 7) is 53.8. The maximum atomic E-state index is 3.92. The normalized spacial score (nSPS) is 7.64. The maximum Gasteiger partial charge on any atom is 0.177 e. The number of aromatic nitrogens is 15. The van der Waals surface area contributed by atoms with E-state index in [1.807, 2.05) is 264 Å². The second kappa shape index (κ2) is 83.7. The van der Waals surface area contributed by atoms with Crippen LogP contribution in [0.5, 0.6) is 0 Å². The van der Waals surface area contributed by atoms with Crippen LogP contribution in [0.1, 0.15) is 175 Å². The van der Waals surface area contributed by atoms with Crippen LogP contribution >= 0.6 is 0 Å². The third-order valence-corrected chi connectivity index (χ3v) is 7.79. The Hall–Kier alpha value is -8.07. The monoisotopic (exact) mass is 1160 g/mol. The molecule has 0 fully saturated rings. The quantitative estimate of drug-likeness (QED) is 0.132. The third kappa shape index (κ3) is 78.2. The fourth-order valence-corrected chi connectivity index (χ4v) is 4.14. The fourth-order valence-electron chi connectivity index (χ4n) is 4.14. The van der Waals surface area contributed by atoms with E-state index in [0.717, 1.165) is 34.0 Å². The van der Waals surface area contributed by atoms with E-state index in [9.17, 15) is 0 Å². The largest absolute Gasteiger partial charge is 0.261 e. The Morgan fingerprint density at radius 3 is 1.12 bits per heavy atom. The molecule has 468 valence electrons. The van der Waals surface area contributed by atoms with Crippen LogP contribution in [0, 0.1) is 62.3 Å². The average Bonchev–Trinajstić information content (AvgIpc) is 3.56. The minimum atomic E-state index is 0.822. The van der Waals surface area contributed by atoms with Crippen LogP contribution in [0.15, 0.2) is 185 Å². The maximum absolute atomic E-state index is 3.92. The highest BCUT2D eigenvalue weighted by Crippen LogP contribution is 1.90. The molecule has 84 heavy (non-hydrogen) atoms. The van der Waals surface area contributed by atoms with E-state index in [1.165, 1.54) is 29.5 Å². The van der Waals surface area contributed by atoms with Gasteiger partial charge in [-0.3, -0.25) is 9.97 Å². The van der Waals surface area contributed by atoms with Crippen LogP contribution in [0.4, 0.5) is 0 Å². The van der Waals surface area contributed by atoms with Gasteiger partial charge in [-0.15, -0.1) is 0 Å². The predicted octanol–water partition coefficient (Wildman–Crippen LogP) is 16.4. The van der Waals surface area contributed by atoms with Gasteiger partial charge in [0.05, 0.1) is 17.6 Å². The zero-order chi connectivity index (χ0) is 66.6. The Kier molecular flexibility index (Phi) is 94.9. The van der Waals surface area contributed by atoms with Gasteiger partial charge in [0.15, 0.2) is 36.7 Å². The van der Waals surface area contributed by atoms with Gasteiger partial charge in [-0.05, 0) is 108 Å². The molecule has 0 unspecified atom stereocenters.